The van der Waals surface area contributed by atoms with Crippen molar-refractivity contribution in [3.63, 3.8) is 0 Å². The molecular formula is C14H26N4O. The molecule has 0 radical (unpaired) electrons. The molecule has 1 aromatic heterocycles. The Bertz CT molecular complexity index is 387. The van der Waals surface area contributed by atoms with Crippen LogP contribution in [-0.4, -0.2) is 28.0 Å². The van der Waals surface area contributed by atoms with Crippen LogP contribution in [0.3, 0.4) is 0 Å². The lowest BCUT2D eigenvalue weighted by Crippen LogP contribution is -2.35. The minimum Gasteiger partial charge on any atom is -0.352 e. The van der Waals surface area contributed by atoms with E-state index in [-0.39, 0.29) is 11.9 Å². The Labute approximate surface area is 115 Å². The van der Waals surface area contributed by atoms with Crippen LogP contribution in [0.5, 0.6) is 0 Å². The maximum absolute atomic E-state index is 11.8. The van der Waals surface area contributed by atoms with Gasteiger partial charge in [0, 0.05) is 18.4 Å². The monoisotopic (exact) mass is 266 g/mol. The first-order valence-corrected chi connectivity index (χ1v) is 7.03. The van der Waals surface area contributed by atoms with Gasteiger partial charge in [-0.1, -0.05) is 20.8 Å². The van der Waals surface area contributed by atoms with Crippen LogP contribution in [0.1, 0.15) is 39.9 Å². The molecular weight excluding hydrogens is 240 g/mol. The quantitative estimate of drug-likeness (QED) is 0.750. The minimum absolute atomic E-state index is 0.0393. The summed E-state index contributed by atoms with van der Waals surface area (Å²) in [4.78, 5) is 16.1. The third-order valence-corrected chi connectivity index (χ3v) is 2.97. The van der Waals surface area contributed by atoms with Crippen molar-refractivity contribution in [2.24, 2.45) is 5.92 Å². The molecule has 0 fully saturated rings. The molecule has 108 valence electrons. The Morgan fingerprint density at radius 1 is 1.42 bits per heavy atom. The standard InChI is InChI=1S/C14H26N4O/c1-5-12(4)17-14(19)10-18-7-6-16-13(18)9-15-8-11(2)3/h6-7,11-12,15H,5,8-10H2,1-4H3,(H,17,19). The van der Waals surface area contributed by atoms with E-state index in [0.29, 0.717) is 19.0 Å². The number of nitrogens with one attached hydrogen (secondary N) is 2. The topological polar surface area (TPSA) is 59.0 Å². The number of hydrogen-bond donors (Lipinski definition) is 2. The number of rotatable bonds is 8. The third kappa shape index (κ3) is 5.87. The molecule has 0 aliphatic heterocycles. The van der Waals surface area contributed by atoms with Crippen molar-refractivity contribution >= 4 is 5.91 Å². The third-order valence-electron chi connectivity index (χ3n) is 2.97. The van der Waals surface area contributed by atoms with Crippen LogP contribution in [0.15, 0.2) is 12.4 Å². The van der Waals surface area contributed by atoms with Gasteiger partial charge in [0.2, 0.25) is 5.91 Å². The zero-order valence-electron chi connectivity index (χ0n) is 12.4. The molecule has 1 atom stereocenters. The van der Waals surface area contributed by atoms with E-state index in [1.165, 1.54) is 0 Å². The van der Waals surface area contributed by atoms with Crippen LogP contribution in [0.4, 0.5) is 0 Å². The van der Waals surface area contributed by atoms with E-state index in [2.05, 4.69) is 36.4 Å². The van der Waals surface area contributed by atoms with E-state index in [1.54, 1.807) is 6.20 Å². The molecule has 0 aliphatic carbocycles. The van der Waals surface area contributed by atoms with Crippen molar-refractivity contribution < 1.29 is 4.79 Å². The molecule has 1 unspecified atom stereocenters. The van der Waals surface area contributed by atoms with Crippen LogP contribution < -0.4 is 10.6 Å². The number of carbonyl (C=O) groups is 1. The van der Waals surface area contributed by atoms with Crippen molar-refractivity contribution in [1.82, 2.24) is 20.2 Å². The molecule has 0 saturated carbocycles. The molecule has 0 aromatic carbocycles. The summed E-state index contributed by atoms with van der Waals surface area (Å²) in [5.41, 5.74) is 0. The first-order chi connectivity index (χ1) is 9.02. The molecule has 1 amide bonds. The van der Waals surface area contributed by atoms with Crippen molar-refractivity contribution in [3.8, 4) is 0 Å². The minimum atomic E-state index is 0.0393. The molecule has 5 heteroatoms. The average molecular weight is 266 g/mol. The van der Waals surface area contributed by atoms with Gasteiger partial charge in [-0.25, -0.2) is 4.98 Å². The molecule has 1 heterocycles. The van der Waals surface area contributed by atoms with Gasteiger partial charge in [-0.05, 0) is 25.8 Å². The fraction of sp³-hybridized carbons (Fsp3) is 0.714. The highest BCUT2D eigenvalue weighted by Gasteiger charge is 2.09. The van der Waals surface area contributed by atoms with Crippen molar-refractivity contribution in [1.29, 1.82) is 0 Å². The number of imidazole rings is 1. The van der Waals surface area contributed by atoms with E-state index in [4.69, 9.17) is 0 Å². The van der Waals surface area contributed by atoms with Gasteiger partial charge in [0.05, 0.1) is 6.54 Å². The van der Waals surface area contributed by atoms with Crippen molar-refractivity contribution in [3.05, 3.63) is 18.2 Å². The molecule has 19 heavy (non-hydrogen) atoms. The van der Waals surface area contributed by atoms with Gasteiger partial charge in [-0.2, -0.15) is 0 Å². The number of hydrogen-bond acceptors (Lipinski definition) is 3. The van der Waals surface area contributed by atoms with Crippen molar-refractivity contribution in [2.45, 2.75) is 53.2 Å². The summed E-state index contributed by atoms with van der Waals surface area (Å²) in [5, 5.41) is 6.30. The lowest BCUT2D eigenvalue weighted by atomic mass is 10.2. The fourth-order valence-corrected chi connectivity index (χ4v) is 1.70. The van der Waals surface area contributed by atoms with Gasteiger partial charge < -0.3 is 15.2 Å². The summed E-state index contributed by atoms with van der Waals surface area (Å²) >= 11 is 0. The number of nitrogens with zero attached hydrogens (tertiary/aromatic N) is 2. The largest absolute Gasteiger partial charge is 0.352 e. The highest BCUT2D eigenvalue weighted by molar-refractivity contribution is 5.76. The normalized spacial score (nSPS) is 12.7. The van der Waals surface area contributed by atoms with Crippen molar-refractivity contribution in [2.75, 3.05) is 6.54 Å². The fourth-order valence-electron chi connectivity index (χ4n) is 1.70. The number of amides is 1. The average Bonchev–Trinajstić information content (AvgIpc) is 2.76. The molecule has 0 bridgehead atoms. The lowest BCUT2D eigenvalue weighted by Gasteiger charge is -2.13. The Balaban J connectivity index is 2.46. The maximum atomic E-state index is 11.8. The molecule has 2 N–H and O–H groups in total. The number of carbonyl (C=O) groups excluding carboxylic acids is 1. The van der Waals surface area contributed by atoms with E-state index < -0.39 is 0 Å². The molecule has 5 nitrogen and oxygen atoms in total. The molecule has 1 rings (SSSR count). The SMILES string of the molecule is CCC(C)NC(=O)Cn1ccnc1CNCC(C)C. The zero-order valence-corrected chi connectivity index (χ0v) is 12.4. The Hall–Kier alpha value is -1.36. The summed E-state index contributed by atoms with van der Waals surface area (Å²) < 4.78 is 1.89. The van der Waals surface area contributed by atoms with Gasteiger partial charge in [-0.15, -0.1) is 0 Å². The second-order valence-corrected chi connectivity index (χ2v) is 5.37. The first-order valence-electron chi connectivity index (χ1n) is 7.03. The maximum Gasteiger partial charge on any atom is 0.240 e. The van der Waals surface area contributed by atoms with Gasteiger partial charge in [0.1, 0.15) is 12.4 Å². The van der Waals surface area contributed by atoms with Gasteiger partial charge in [-0.3, -0.25) is 4.79 Å². The highest BCUT2D eigenvalue weighted by Crippen LogP contribution is 1.99. The van der Waals surface area contributed by atoms with Crippen LogP contribution in [0.2, 0.25) is 0 Å². The molecule has 0 saturated heterocycles. The second-order valence-electron chi connectivity index (χ2n) is 5.37. The Morgan fingerprint density at radius 2 is 2.16 bits per heavy atom. The lowest BCUT2D eigenvalue weighted by molar-refractivity contribution is -0.122. The van der Waals surface area contributed by atoms with Crippen LogP contribution in [0, 0.1) is 5.92 Å². The summed E-state index contributed by atoms with van der Waals surface area (Å²) in [5.74, 6) is 1.55. The van der Waals surface area contributed by atoms with Crippen LogP contribution in [0.25, 0.3) is 0 Å². The van der Waals surface area contributed by atoms with E-state index >= 15 is 0 Å². The summed E-state index contributed by atoms with van der Waals surface area (Å²) in [6.07, 6.45) is 4.53. The Kier molecular flexibility index (Phi) is 6.56. The first kappa shape index (κ1) is 15.7. The highest BCUT2D eigenvalue weighted by atomic mass is 16.2. The zero-order chi connectivity index (χ0) is 14.3. The number of aromatic nitrogens is 2. The van der Waals surface area contributed by atoms with Gasteiger partial charge in [0.25, 0.3) is 0 Å². The smallest absolute Gasteiger partial charge is 0.240 e. The van der Waals surface area contributed by atoms with E-state index in [9.17, 15) is 4.79 Å². The van der Waals surface area contributed by atoms with E-state index in [0.717, 1.165) is 18.8 Å². The molecule has 1 aromatic rings. The molecule has 0 aliphatic rings. The summed E-state index contributed by atoms with van der Waals surface area (Å²) in [6, 6.07) is 0.221. The summed E-state index contributed by atoms with van der Waals surface area (Å²) in [7, 11) is 0. The van der Waals surface area contributed by atoms with Crippen LogP contribution in [-0.2, 0) is 17.9 Å². The molecule has 0 spiro atoms. The summed E-state index contributed by atoms with van der Waals surface area (Å²) in [6.45, 7) is 10.4. The van der Waals surface area contributed by atoms with Gasteiger partial charge >= 0.3 is 0 Å². The second kappa shape index (κ2) is 7.94. The van der Waals surface area contributed by atoms with Gasteiger partial charge in [0.15, 0.2) is 0 Å². The predicted octanol–water partition coefficient (Wildman–Crippen LogP) is 1.54. The van der Waals surface area contributed by atoms with Crippen LogP contribution >= 0.6 is 0 Å². The Morgan fingerprint density at radius 3 is 2.79 bits per heavy atom. The van der Waals surface area contributed by atoms with E-state index in [1.807, 2.05) is 17.7 Å². The predicted molar refractivity (Wildman–Crippen MR) is 76.7 cm³/mol.